The maximum absolute atomic E-state index is 12.7. The number of aryl methyl sites for hydroxylation is 1. The van der Waals surface area contributed by atoms with Crippen LogP contribution < -0.4 is 0 Å². The molecule has 0 bridgehead atoms. The lowest BCUT2D eigenvalue weighted by Crippen LogP contribution is -2.49. The van der Waals surface area contributed by atoms with Gasteiger partial charge in [-0.2, -0.15) is 0 Å². The lowest BCUT2D eigenvalue weighted by atomic mass is 10.1. The number of aliphatic hydroxyl groups is 1. The number of carbonyl (C=O) groups is 2. The first-order valence-corrected chi connectivity index (χ1v) is 11.1. The van der Waals surface area contributed by atoms with Crippen molar-refractivity contribution in [1.82, 2.24) is 14.7 Å². The normalized spacial score (nSPS) is 19.6. The fourth-order valence-electron chi connectivity index (χ4n) is 4.26. The van der Waals surface area contributed by atoms with E-state index in [0.29, 0.717) is 25.1 Å². The quantitative estimate of drug-likeness (QED) is 0.804. The smallest absolute Gasteiger partial charge is 0.253 e. The highest BCUT2D eigenvalue weighted by molar-refractivity contribution is 5.95. The van der Waals surface area contributed by atoms with Gasteiger partial charge in [0, 0.05) is 56.9 Å². The van der Waals surface area contributed by atoms with E-state index in [1.165, 1.54) is 5.56 Å². The van der Waals surface area contributed by atoms with Crippen LogP contribution in [0.1, 0.15) is 38.3 Å². The van der Waals surface area contributed by atoms with E-state index < -0.39 is 6.10 Å². The van der Waals surface area contributed by atoms with Crippen molar-refractivity contribution in [3.8, 4) is 0 Å². The fourth-order valence-corrected chi connectivity index (χ4v) is 4.26. The number of carbonyl (C=O) groups excluding carboxylic acids is 2. The van der Waals surface area contributed by atoms with Crippen molar-refractivity contribution in [1.29, 1.82) is 0 Å². The van der Waals surface area contributed by atoms with Gasteiger partial charge in [-0.15, -0.1) is 0 Å². The van der Waals surface area contributed by atoms with E-state index in [9.17, 15) is 14.7 Å². The summed E-state index contributed by atoms with van der Waals surface area (Å²) in [6, 6.07) is 15.6. The minimum absolute atomic E-state index is 0.00235. The van der Waals surface area contributed by atoms with Gasteiger partial charge in [0.1, 0.15) is 0 Å². The predicted octanol–water partition coefficient (Wildman–Crippen LogP) is 2.20. The zero-order valence-electron chi connectivity index (χ0n) is 18.2. The van der Waals surface area contributed by atoms with E-state index in [1.807, 2.05) is 60.4 Å². The molecule has 0 aromatic heterocycles. The van der Waals surface area contributed by atoms with Crippen LogP contribution >= 0.6 is 0 Å². The van der Waals surface area contributed by atoms with Crippen molar-refractivity contribution < 1.29 is 14.7 Å². The Bertz CT molecular complexity index is 903. The summed E-state index contributed by atoms with van der Waals surface area (Å²) in [6.45, 7) is 7.29. The average Bonchev–Trinajstić information content (AvgIpc) is 3.24. The first-order chi connectivity index (χ1) is 15.0. The van der Waals surface area contributed by atoms with Gasteiger partial charge >= 0.3 is 0 Å². The van der Waals surface area contributed by atoms with E-state index in [4.69, 9.17) is 0 Å². The van der Waals surface area contributed by atoms with Crippen LogP contribution in [0.3, 0.4) is 0 Å². The number of piperazine rings is 1. The van der Waals surface area contributed by atoms with Crippen molar-refractivity contribution in [2.24, 2.45) is 0 Å². The molecule has 2 aliphatic heterocycles. The van der Waals surface area contributed by atoms with Crippen molar-refractivity contribution in [2.45, 2.75) is 25.9 Å². The van der Waals surface area contributed by atoms with Gasteiger partial charge in [-0.05, 0) is 49.6 Å². The van der Waals surface area contributed by atoms with E-state index in [1.54, 1.807) is 4.90 Å². The van der Waals surface area contributed by atoms with Gasteiger partial charge in [0.2, 0.25) is 0 Å². The van der Waals surface area contributed by atoms with Crippen LogP contribution in [-0.4, -0.2) is 83.5 Å². The van der Waals surface area contributed by atoms with Crippen LogP contribution in [0, 0.1) is 6.92 Å². The van der Waals surface area contributed by atoms with Gasteiger partial charge < -0.3 is 14.9 Å². The monoisotopic (exact) mass is 421 g/mol. The van der Waals surface area contributed by atoms with E-state index >= 15 is 0 Å². The Morgan fingerprint density at radius 3 is 2.00 bits per heavy atom. The molecule has 31 heavy (non-hydrogen) atoms. The minimum Gasteiger partial charge on any atom is -0.391 e. The lowest BCUT2D eigenvalue weighted by Gasteiger charge is -2.34. The summed E-state index contributed by atoms with van der Waals surface area (Å²) in [5.41, 5.74) is 3.81. The number of aliphatic hydroxyl groups excluding tert-OH is 1. The highest BCUT2D eigenvalue weighted by Crippen LogP contribution is 2.15. The zero-order valence-corrected chi connectivity index (χ0v) is 18.2. The fraction of sp³-hybridized carbons (Fsp3) is 0.440. The van der Waals surface area contributed by atoms with Gasteiger partial charge in [0.15, 0.2) is 0 Å². The molecule has 0 unspecified atom stereocenters. The molecule has 1 N–H and O–H groups in total. The summed E-state index contributed by atoms with van der Waals surface area (Å²) < 4.78 is 0. The summed E-state index contributed by atoms with van der Waals surface area (Å²) in [6.07, 6.45) is 1.19. The van der Waals surface area contributed by atoms with Gasteiger partial charge in [0.25, 0.3) is 11.8 Å². The third kappa shape index (κ3) is 5.32. The molecule has 0 saturated carbocycles. The van der Waals surface area contributed by atoms with Crippen LogP contribution in [0.25, 0.3) is 0 Å². The summed E-state index contributed by atoms with van der Waals surface area (Å²) in [4.78, 5) is 31.2. The van der Waals surface area contributed by atoms with Crippen LogP contribution in [0.15, 0.2) is 48.5 Å². The molecule has 2 fully saturated rings. The van der Waals surface area contributed by atoms with Gasteiger partial charge in [-0.3, -0.25) is 14.5 Å². The first-order valence-electron chi connectivity index (χ1n) is 11.1. The number of rotatable bonds is 5. The van der Waals surface area contributed by atoms with Crippen molar-refractivity contribution in [2.75, 3.05) is 45.8 Å². The van der Waals surface area contributed by atoms with Gasteiger partial charge in [-0.1, -0.05) is 29.8 Å². The van der Waals surface area contributed by atoms with E-state index in [0.717, 1.165) is 50.3 Å². The third-order valence-electron chi connectivity index (χ3n) is 6.33. The van der Waals surface area contributed by atoms with Crippen LogP contribution in [-0.2, 0) is 6.42 Å². The number of amides is 2. The largest absolute Gasteiger partial charge is 0.391 e. The second-order valence-electron chi connectivity index (χ2n) is 8.64. The minimum atomic E-state index is -0.393. The molecule has 2 aromatic carbocycles. The van der Waals surface area contributed by atoms with Crippen molar-refractivity contribution in [3.63, 3.8) is 0 Å². The Hall–Kier alpha value is -2.70. The van der Waals surface area contributed by atoms with Gasteiger partial charge in [0.05, 0.1) is 6.10 Å². The Morgan fingerprint density at radius 1 is 0.839 bits per heavy atom. The molecular formula is C25H31N3O3. The molecule has 0 spiro atoms. The highest BCUT2D eigenvalue weighted by atomic mass is 16.3. The predicted molar refractivity (Wildman–Crippen MR) is 120 cm³/mol. The molecule has 1 atom stereocenters. The van der Waals surface area contributed by atoms with E-state index in [2.05, 4.69) is 4.90 Å². The van der Waals surface area contributed by atoms with Crippen LogP contribution in [0.2, 0.25) is 0 Å². The molecule has 6 nitrogen and oxygen atoms in total. The molecular weight excluding hydrogens is 390 g/mol. The Balaban J connectivity index is 1.23. The number of hydrogen-bond acceptors (Lipinski definition) is 4. The molecule has 0 aliphatic carbocycles. The molecule has 164 valence electrons. The van der Waals surface area contributed by atoms with Crippen molar-refractivity contribution in [3.05, 3.63) is 70.8 Å². The topological polar surface area (TPSA) is 64.1 Å². The average molecular weight is 422 g/mol. The summed E-state index contributed by atoms with van der Waals surface area (Å²) in [5.74, 6) is 0.114. The molecule has 2 saturated heterocycles. The maximum Gasteiger partial charge on any atom is 0.253 e. The van der Waals surface area contributed by atoms with Crippen LogP contribution in [0.5, 0.6) is 0 Å². The maximum atomic E-state index is 12.7. The molecule has 6 heteroatoms. The Labute approximate surface area is 184 Å². The van der Waals surface area contributed by atoms with Crippen LogP contribution in [0.4, 0.5) is 0 Å². The third-order valence-corrected chi connectivity index (χ3v) is 6.33. The lowest BCUT2D eigenvalue weighted by molar-refractivity contribution is 0.0638. The highest BCUT2D eigenvalue weighted by Gasteiger charge is 2.25. The second-order valence-corrected chi connectivity index (χ2v) is 8.64. The number of hydrogen-bond donors (Lipinski definition) is 1. The molecule has 2 aliphatic rings. The number of benzene rings is 2. The molecule has 0 radical (unpaired) electrons. The first kappa shape index (κ1) is 21.5. The zero-order chi connectivity index (χ0) is 21.8. The number of likely N-dealkylation sites (tertiary alicyclic amines) is 1. The standard InChI is InChI=1S/C25H31N3O3/c1-19-2-6-21(7-3-19)24(30)27-16-14-26(15-17-27)12-10-20-4-8-22(9-5-20)25(31)28-13-11-23(29)18-28/h2-9,23,29H,10-18H2,1H3/t23-/m1/s1. The summed E-state index contributed by atoms with van der Waals surface area (Å²) in [5, 5.41) is 9.63. The molecule has 2 aromatic rings. The molecule has 4 rings (SSSR count). The Kier molecular flexibility index (Phi) is 6.68. The van der Waals surface area contributed by atoms with Crippen molar-refractivity contribution >= 4 is 11.8 Å². The Morgan fingerprint density at radius 2 is 1.42 bits per heavy atom. The number of β-amino-alcohol motifs (C(OH)–C–C–N with tert-alkyl or cyclic N) is 1. The van der Waals surface area contributed by atoms with E-state index in [-0.39, 0.29) is 11.8 Å². The SMILES string of the molecule is Cc1ccc(C(=O)N2CCN(CCc3ccc(C(=O)N4CC[C@@H](O)C4)cc3)CC2)cc1. The number of nitrogens with zero attached hydrogens (tertiary/aromatic N) is 3. The molecule has 2 heterocycles. The molecule has 2 amide bonds. The summed E-state index contributed by atoms with van der Waals surface area (Å²) in [7, 11) is 0. The summed E-state index contributed by atoms with van der Waals surface area (Å²) >= 11 is 0. The van der Waals surface area contributed by atoms with Gasteiger partial charge in [-0.25, -0.2) is 0 Å². The second kappa shape index (κ2) is 9.62.